The lowest BCUT2D eigenvalue weighted by molar-refractivity contribution is 0.0114. The number of benzene rings is 1. The number of hydrogen-bond donors (Lipinski definition) is 0. The molecule has 1 heterocycles. The van der Waals surface area contributed by atoms with Gasteiger partial charge in [-0.2, -0.15) is 0 Å². The van der Waals surface area contributed by atoms with Crippen molar-refractivity contribution in [1.82, 2.24) is 0 Å². The zero-order valence-electron chi connectivity index (χ0n) is 14.0. The highest BCUT2D eigenvalue weighted by atomic mass is 16.5. The van der Waals surface area contributed by atoms with E-state index in [0.29, 0.717) is 12.0 Å². The van der Waals surface area contributed by atoms with Gasteiger partial charge in [0.15, 0.2) is 0 Å². The van der Waals surface area contributed by atoms with Gasteiger partial charge in [-0.15, -0.1) is 0 Å². The molecule has 1 aliphatic heterocycles. The van der Waals surface area contributed by atoms with Gasteiger partial charge in [-0.3, -0.25) is 0 Å². The molecular weight excluding hydrogens is 258 g/mol. The SMILES string of the molecule is CCCCCCc1ccc(N2CCO[C@H](C(C)C)C2)cc1. The van der Waals surface area contributed by atoms with Crippen molar-refractivity contribution in [1.29, 1.82) is 0 Å². The topological polar surface area (TPSA) is 12.5 Å². The Kier molecular flexibility index (Phi) is 6.56. The average molecular weight is 289 g/mol. The molecule has 0 aliphatic carbocycles. The monoisotopic (exact) mass is 289 g/mol. The molecular formula is C19H31NO. The van der Waals surface area contributed by atoms with E-state index in [4.69, 9.17) is 4.74 Å². The van der Waals surface area contributed by atoms with Crippen molar-refractivity contribution < 1.29 is 4.74 Å². The quantitative estimate of drug-likeness (QED) is 0.676. The van der Waals surface area contributed by atoms with Crippen molar-refractivity contribution in [3.63, 3.8) is 0 Å². The van der Waals surface area contributed by atoms with Crippen molar-refractivity contribution in [3.05, 3.63) is 29.8 Å². The maximum absolute atomic E-state index is 5.85. The zero-order valence-corrected chi connectivity index (χ0v) is 14.0. The molecule has 2 heteroatoms. The molecule has 0 saturated carbocycles. The summed E-state index contributed by atoms with van der Waals surface area (Å²) in [6.45, 7) is 9.64. The maximum atomic E-state index is 5.85. The Hall–Kier alpha value is -1.02. The van der Waals surface area contributed by atoms with Crippen LogP contribution >= 0.6 is 0 Å². The highest BCUT2D eigenvalue weighted by Gasteiger charge is 2.23. The van der Waals surface area contributed by atoms with Gasteiger partial charge in [0.1, 0.15) is 0 Å². The van der Waals surface area contributed by atoms with Crippen LogP contribution in [0.2, 0.25) is 0 Å². The first-order valence-electron chi connectivity index (χ1n) is 8.66. The highest BCUT2D eigenvalue weighted by Crippen LogP contribution is 2.21. The van der Waals surface area contributed by atoms with E-state index in [0.717, 1.165) is 19.7 Å². The van der Waals surface area contributed by atoms with Gasteiger partial charge in [0.2, 0.25) is 0 Å². The second kappa shape index (κ2) is 8.43. The molecule has 1 atom stereocenters. The number of rotatable bonds is 7. The third-order valence-electron chi connectivity index (χ3n) is 4.46. The van der Waals surface area contributed by atoms with Crippen LogP contribution in [-0.4, -0.2) is 25.8 Å². The molecule has 0 aromatic heterocycles. The first kappa shape index (κ1) is 16.4. The lowest BCUT2D eigenvalue weighted by Crippen LogP contribution is -2.44. The van der Waals surface area contributed by atoms with Crippen LogP contribution in [0.15, 0.2) is 24.3 Å². The number of anilines is 1. The van der Waals surface area contributed by atoms with Crippen LogP contribution < -0.4 is 4.90 Å². The Bertz CT molecular complexity index is 399. The minimum atomic E-state index is 0.368. The largest absolute Gasteiger partial charge is 0.374 e. The van der Waals surface area contributed by atoms with Crippen molar-refractivity contribution in [2.75, 3.05) is 24.6 Å². The summed E-state index contributed by atoms with van der Waals surface area (Å²) >= 11 is 0. The molecule has 0 unspecified atom stereocenters. The lowest BCUT2D eigenvalue weighted by Gasteiger charge is -2.36. The van der Waals surface area contributed by atoms with Crippen LogP contribution in [0.25, 0.3) is 0 Å². The van der Waals surface area contributed by atoms with E-state index in [2.05, 4.69) is 49.9 Å². The van der Waals surface area contributed by atoms with Gasteiger partial charge in [-0.25, -0.2) is 0 Å². The smallest absolute Gasteiger partial charge is 0.0773 e. The van der Waals surface area contributed by atoms with Crippen molar-refractivity contribution in [2.24, 2.45) is 5.92 Å². The van der Waals surface area contributed by atoms with Gasteiger partial charge in [0.05, 0.1) is 12.7 Å². The second-order valence-corrected chi connectivity index (χ2v) is 6.58. The van der Waals surface area contributed by atoms with Gasteiger partial charge < -0.3 is 9.64 Å². The van der Waals surface area contributed by atoms with Gasteiger partial charge in [-0.05, 0) is 36.5 Å². The molecule has 2 nitrogen and oxygen atoms in total. The van der Waals surface area contributed by atoms with E-state index < -0.39 is 0 Å². The fourth-order valence-electron chi connectivity index (χ4n) is 2.94. The van der Waals surface area contributed by atoms with Crippen LogP contribution in [0, 0.1) is 5.92 Å². The van der Waals surface area contributed by atoms with Crippen LogP contribution in [0.4, 0.5) is 5.69 Å². The summed E-state index contributed by atoms with van der Waals surface area (Å²) < 4.78 is 5.85. The number of ether oxygens (including phenoxy) is 1. The molecule has 0 amide bonds. The third kappa shape index (κ3) is 5.03. The molecule has 0 radical (unpaired) electrons. The minimum absolute atomic E-state index is 0.368. The molecule has 0 N–H and O–H groups in total. The summed E-state index contributed by atoms with van der Waals surface area (Å²) in [6.07, 6.45) is 6.94. The maximum Gasteiger partial charge on any atom is 0.0773 e. The predicted octanol–water partition coefficient (Wildman–Crippen LogP) is 4.67. The second-order valence-electron chi connectivity index (χ2n) is 6.58. The summed E-state index contributed by atoms with van der Waals surface area (Å²) in [5.74, 6) is 0.589. The Balaban J connectivity index is 1.86. The fourth-order valence-corrected chi connectivity index (χ4v) is 2.94. The van der Waals surface area contributed by atoms with Crippen molar-refractivity contribution in [3.8, 4) is 0 Å². The number of hydrogen-bond acceptors (Lipinski definition) is 2. The summed E-state index contributed by atoms with van der Waals surface area (Å²) in [6, 6.07) is 9.19. The standard InChI is InChI=1S/C19H31NO/c1-4-5-6-7-8-17-9-11-18(12-10-17)20-13-14-21-19(15-20)16(2)3/h9-12,16,19H,4-8,13-15H2,1-3H3/t19-/m0/s1. The van der Waals surface area contributed by atoms with E-state index in [1.54, 1.807) is 0 Å². The van der Waals surface area contributed by atoms with E-state index in [1.807, 2.05) is 0 Å². The molecule has 1 aromatic rings. The van der Waals surface area contributed by atoms with Crippen LogP contribution in [0.1, 0.15) is 52.0 Å². The van der Waals surface area contributed by atoms with Gasteiger partial charge in [0, 0.05) is 18.8 Å². The fraction of sp³-hybridized carbons (Fsp3) is 0.684. The van der Waals surface area contributed by atoms with Gasteiger partial charge >= 0.3 is 0 Å². The van der Waals surface area contributed by atoms with Crippen LogP contribution in [0.5, 0.6) is 0 Å². The van der Waals surface area contributed by atoms with E-state index >= 15 is 0 Å². The van der Waals surface area contributed by atoms with Gasteiger partial charge in [-0.1, -0.05) is 52.2 Å². The van der Waals surface area contributed by atoms with E-state index in [9.17, 15) is 0 Å². The Morgan fingerprint density at radius 3 is 2.57 bits per heavy atom. The molecule has 118 valence electrons. The Morgan fingerprint density at radius 1 is 1.14 bits per heavy atom. The molecule has 21 heavy (non-hydrogen) atoms. The van der Waals surface area contributed by atoms with E-state index in [1.165, 1.54) is 43.4 Å². The molecule has 0 bridgehead atoms. The van der Waals surface area contributed by atoms with Crippen LogP contribution in [-0.2, 0) is 11.2 Å². The summed E-state index contributed by atoms with van der Waals surface area (Å²) in [7, 11) is 0. The van der Waals surface area contributed by atoms with E-state index in [-0.39, 0.29) is 0 Å². The summed E-state index contributed by atoms with van der Waals surface area (Å²) in [4.78, 5) is 2.47. The normalized spacial score (nSPS) is 19.2. The van der Waals surface area contributed by atoms with Crippen LogP contribution in [0.3, 0.4) is 0 Å². The number of unbranched alkanes of at least 4 members (excludes halogenated alkanes) is 3. The van der Waals surface area contributed by atoms with Gasteiger partial charge in [0.25, 0.3) is 0 Å². The Morgan fingerprint density at radius 2 is 1.90 bits per heavy atom. The molecule has 1 aliphatic rings. The molecule has 1 aromatic carbocycles. The summed E-state index contributed by atoms with van der Waals surface area (Å²) in [5, 5.41) is 0. The molecule has 1 fully saturated rings. The highest BCUT2D eigenvalue weighted by molar-refractivity contribution is 5.48. The number of aryl methyl sites for hydroxylation is 1. The molecule has 1 saturated heterocycles. The number of nitrogens with zero attached hydrogens (tertiary/aromatic N) is 1. The first-order chi connectivity index (χ1) is 10.2. The third-order valence-corrected chi connectivity index (χ3v) is 4.46. The number of morpholine rings is 1. The average Bonchev–Trinajstić information content (AvgIpc) is 2.52. The van der Waals surface area contributed by atoms with Crippen molar-refractivity contribution in [2.45, 2.75) is 59.0 Å². The molecule has 2 rings (SSSR count). The summed E-state index contributed by atoms with van der Waals surface area (Å²) in [5.41, 5.74) is 2.82. The lowest BCUT2D eigenvalue weighted by atomic mass is 10.0. The van der Waals surface area contributed by atoms with Crippen molar-refractivity contribution >= 4 is 5.69 Å². The zero-order chi connectivity index (χ0) is 15.1. The first-order valence-corrected chi connectivity index (χ1v) is 8.66. The minimum Gasteiger partial charge on any atom is -0.374 e. The molecule has 0 spiro atoms. The predicted molar refractivity (Wildman–Crippen MR) is 91.1 cm³/mol. The Labute approximate surface area is 130 Å².